The van der Waals surface area contributed by atoms with Crippen LogP contribution in [0.25, 0.3) is 0 Å². The molecule has 0 saturated carbocycles. The summed E-state index contributed by atoms with van der Waals surface area (Å²) in [6.07, 6.45) is -2.69. The number of hydrogen-bond donors (Lipinski definition) is 1. The van der Waals surface area contributed by atoms with E-state index in [0.717, 1.165) is 0 Å². The van der Waals surface area contributed by atoms with Crippen LogP contribution in [0.3, 0.4) is 0 Å². The maximum atomic E-state index is 11.7. The molecule has 0 aliphatic heterocycles. The molecule has 2 N–H and O–H groups in total. The molecule has 0 aliphatic rings. The third-order valence-corrected chi connectivity index (χ3v) is 1.96. The predicted molar refractivity (Wildman–Crippen MR) is 54.2 cm³/mol. The van der Waals surface area contributed by atoms with Gasteiger partial charge in [0.2, 0.25) is 0 Å². The Morgan fingerprint density at radius 1 is 1.44 bits per heavy atom. The van der Waals surface area contributed by atoms with Crippen molar-refractivity contribution in [3.8, 4) is 0 Å². The van der Waals surface area contributed by atoms with Crippen LogP contribution in [0.15, 0.2) is 12.3 Å². The van der Waals surface area contributed by atoms with E-state index in [1.165, 1.54) is 6.20 Å². The molecule has 0 radical (unpaired) electrons. The lowest BCUT2D eigenvalue weighted by atomic mass is 10.2. The van der Waals surface area contributed by atoms with Crippen molar-refractivity contribution in [2.75, 3.05) is 18.9 Å². The van der Waals surface area contributed by atoms with Crippen LogP contribution in [-0.2, 0) is 11.2 Å². The highest BCUT2D eigenvalue weighted by Crippen LogP contribution is 2.17. The summed E-state index contributed by atoms with van der Waals surface area (Å²) < 4.78 is 39.7. The number of halogens is 4. The van der Waals surface area contributed by atoms with E-state index in [-0.39, 0.29) is 18.8 Å². The van der Waals surface area contributed by atoms with Crippen LogP contribution >= 0.6 is 11.6 Å². The molecule has 0 aromatic carbocycles. The smallest absolute Gasteiger partial charge is 0.383 e. The van der Waals surface area contributed by atoms with Gasteiger partial charge in [-0.2, -0.15) is 13.2 Å². The zero-order valence-electron chi connectivity index (χ0n) is 8.22. The topological polar surface area (TPSA) is 48.1 Å². The van der Waals surface area contributed by atoms with E-state index in [1.54, 1.807) is 6.07 Å². The molecule has 1 aromatic rings. The summed E-state index contributed by atoms with van der Waals surface area (Å²) in [5, 5.41) is 0.389. The third kappa shape index (κ3) is 4.67. The van der Waals surface area contributed by atoms with Gasteiger partial charge in [-0.05, 0) is 18.1 Å². The molecule has 0 amide bonds. The van der Waals surface area contributed by atoms with E-state index < -0.39 is 12.8 Å². The largest absolute Gasteiger partial charge is 0.411 e. The minimum atomic E-state index is -4.31. The zero-order valence-corrected chi connectivity index (χ0v) is 8.98. The zero-order chi connectivity index (χ0) is 12.2. The number of alkyl halides is 3. The molecule has 0 aliphatic carbocycles. The third-order valence-electron chi connectivity index (χ3n) is 1.75. The number of nitrogen functional groups attached to an aromatic ring is 1. The maximum absolute atomic E-state index is 11.7. The second-order valence-corrected chi connectivity index (χ2v) is 3.55. The SMILES string of the molecule is Nc1ncc(Cl)cc1CCOCC(F)(F)F. The van der Waals surface area contributed by atoms with Gasteiger partial charge in [-0.15, -0.1) is 0 Å². The number of pyridine rings is 1. The average molecular weight is 255 g/mol. The lowest BCUT2D eigenvalue weighted by Gasteiger charge is -2.08. The number of ether oxygens (including phenoxy) is 1. The molecular weight excluding hydrogens is 245 g/mol. The van der Waals surface area contributed by atoms with Crippen LogP contribution in [-0.4, -0.2) is 24.4 Å². The van der Waals surface area contributed by atoms with E-state index in [4.69, 9.17) is 17.3 Å². The Hall–Kier alpha value is -1.01. The number of nitrogens with two attached hydrogens (primary N) is 1. The van der Waals surface area contributed by atoms with Gasteiger partial charge in [-0.1, -0.05) is 11.6 Å². The summed E-state index contributed by atoms with van der Waals surface area (Å²) in [5.41, 5.74) is 6.09. The highest BCUT2D eigenvalue weighted by atomic mass is 35.5. The molecule has 1 rings (SSSR count). The van der Waals surface area contributed by atoms with Gasteiger partial charge in [-0.25, -0.2) is 4.98 Å². The monoisotopic (exact) mass is 254 g/mol. The summed E-state index contributed by atoms with van der Waals surface area (Å²) in [4.78, 5) is 3.77. The molecule has 90 valence electrons. The Morgan fingerprint density at radius 3 is 2.75 bits per heavy atom. The Balaban J connectivity index is 2.40. The number of aromatic nitrogens is 1. The lowest BCUT2D eigenvalue weighted by Crippen LogP contribution is -2.18. The van der Waals surface area contributed by atoms with Crippen LogP contribution < -0.4 is 5.73 Å². The summed E-state index contributed by atoms with van der Waals surface area (Å²) in [5.74, 6) is 0.250. The van der Waals surface area contributed by atoms with Crippen molar-refractivity contribution < 1.29 is 17.9 Å². The molecule has 16 heavy (non-hydrogen) atoms. The van der Waals surface area contributed by atoms with Crippen molar-refractivity contribution in [3.05, 3.63) is 22.8 Å². The Labute approximate surface area is 95.4 Å². The Morgan fingerprint density at radius 2 is 2.12 bits per heavy atom. The summed E-state index contributed by atoms with van der Waals surface area (Å²) in [7, 11) is 0. The molecule has 0 fully saturated rings. The lowest BCUT2D eigenvalue weighted by molar-refractivity contribution is -0.173. The van der Waals surface area contributed by atoms with Gasteiger partial charge in [0.1, 0.15) is 12.4 Å². The van der Waals surface area contributed by atoms with Crippen LogP contribution in [0.2, 0.25) is 5.02 Å². The molecule has 0 unspecified atom stereocenters. The molecule has 0 atom stereocenters. The predicted octanol–water partition coefficient (Wildman–Crippen LogP) is 2.44. The first-order chi connectivity index (χ1) is 7.38. The molecule has 1 heterocycles. The first kappa shape index (κ1) is 13.1. The van der Waals surface area contributed by atoms with E-state index in [9.17, 15) is 13.2 Å². The van der Waals surface area contributed by atoms with Crippen LogP contribution in [0, 0.1) is 0 Å². The fraction of sp³-hybridized carbons (Fsp3) is 0.444. The van der Waals surface area contributed by atoms with E-state index in [1.807, 2.05) is 0 Å². The van der Waals surface area contributed by atoms with Gasteiger partial charge >= 0.3 is 6.18 Å². The quantitative estimate of drug-likeness (QED) is 0.840. The summed E-state index contributed by atoms with van der Waals surface area (Å²) in [6.45, 7) is -1.34. The van der Waals surface area contributed by atoms with Crippen molar-refractivity contribution in [2.45, 2.75) is 12.6 Å². The van der Waals surface area contributed by atoms with Gasteiger partial charge in [0, 0.05) is 6.20 Å². The second kappa shape index (κ2) is 5.36. The number of anilines is 1. The fourth-order valence-electron chi connectivity index (χ4n) is 1.06. The minimum Gasteiger partial charge on any atom is -0.383 e. The van der Waals surface area contributed by atoms with Gasteiger partial charge < -0.3 is 10.5 Å². The van der Waals surface area contributed by atoms with Gasteiger partial charge in [0.15, 0.2) is 0 Å². The minimum absolute atomic E-state index is 0.0776. The Kier molecular flexibility index (Phi) is 4.37. The van der Waals surface area contributed by atoms with Crippen LogP contribution in [0.4, 0.5) is 19.0 Å². The number of hydrogen-bond acceptors (Lipinski definition) is 3. The van der Waals surface area contributed by atoms with E-state index >= 15 is 0 Å². The van der Waals surface area contributed by atoms with Crippen molar-refractivity contribution >= 4 is 17.4 Å². The van der Waals surface area contributed by atoms with Crippen molar-refractivity contribution in [2.24, 2.45) is 0 Å². The first-order valence-electron chi connectivity index (χ1n) is 4.43. The molecular formula is C9H10ClF3N2O. The van der Waals surface area contributed by atoms with Crippen molar-refractivity contribution in [1.29, 1.82) is 0 Å². The molecule has 0 saturated heterocycles. The fourth-order valence-corrected chi connectivity index (χ4v) is 1.24. The van der Waals surface area contributed by atoms with Gasteiger partial charge in [0.25, 0.3) is 0 Å². The molecule has 0 spiro atoms. The van der Waals surface area contributed by atoms with Crippen LogP contribution in [0.1, 0.15) is 5.56 Å². The molecule has 0 bridgehead atoms. The number of nitrogens with zero attached hydrogens (tertiary/aromatic N) is 1. The van der Waals surface area contributed by atoms with Crippen LogP contribution in [0.5, 0.6) is 0 Å². The standard InChI is InChI=1S/C9H10ClF3N2O/c10-7-3-6(8(14)15-4-7)1-2-16-5-9(11,12)13/h3-4H,1-2,5H2,(H2,14,15). The first-order valence-corrected chi connectivity index (χ1v) is 4.80. The van der Waals surface area contributed by atoms with Crippen molar-refractivity contribution in [1.82, 2.24) is 4.98 Å². The van der Waals surface area contributed by atoms with E-state index in [0.29, 0.717) is 10.6 Å². The van der Waals surface area contributed by atoms with Gasteiger partial charge in [0.05, 0.1) is 11.6 Å². The second-order valence-electron chi connectivity index (χ2n) is 3.12. The Bertz CT molecular complexity index is 357. The molecule has 1 aromatic heterocycles. The molecule has 7 heteroatoms. The molecule has 3 nitrogen and oxygen atoms in total. The maximum Gasteiger partial charge on any atom is 0.411 e. The normalized spacial score (nSPS) is 11.8. The summed E-state index contributed by atoms with van der Waals surface area (Å²) in [6, 6.07) is 1.56. The van der Waals surface area contributed by atoms with Gasteiger partial charge in [-0.3, -0.25) is 0 Å². The number of rotatable bonds is 4. The summed E-state index contributed by atoms with van der Waals surface area (Å²) >= 11 is 5.66. The van der Waals surface area contributed by atoms with Crippen molar-refractivity contribution in [3.63, 3.8) is 0 Å². The average Bonchev–Trinajstić information content (AvgIpc) is 2.16. The van der Waals surface area contributed by atoms with E-state index in [2.05, 4.69) is 9.72 Å². The highest BCUT2D eigenvalue weighted by molar-refractivity contribution is 6.30. The highest BCUT2D eigenvalue weighted by Gasteiger charge is 2.27.